The molecular formula is C21H23N3O3. The van der Waals surface area contributed by atoms with Crippen molar-refractivity contribution in [3.63, 3.8) is 0 Å². The second-order valence-corrected chi connectivity index (χ2v) is 6.64. The van der Waals surface area contributed by atoms with Crippen LogP contribution in [0, 0.1) is 5.92 Å². The smallest absolute Gasteiger partial charge is 0.251 e. The molecule has 6 heteroatoms. The van der Waals surface area contributed by atoms with Gasteiger partial charge in [-0.05, 0) is 42.2 Å². The summed E-state index contributed by atoms with van der Waals surface area (Å²) in [5.41, 5.74) is 3.47. The normalized spacial score (nSPS) is 15.4. The predicted molar refractivity (Wildman–Crippen MR) is 103 cm³/mol. The minimum absolute atomic E-state index is 0.0220. The van der Waals surface area contributed by atoms with Crippen LogP contribution in [0.25, 0.3) is 0 Å². The van der Waals surface area contributed by atoms with Crippen molar-refractivity contribution in [2.75, 3.05) is 12.4 Å². The molecule has 1 unspecified atom stereocenters. The van der Waals surface area contributed by atoms with Crippen LogP contribution in [0.3, 0.4) is 0 Å². The van der Waals surface area contributed by atoms with E-state index in [9.17, 15) is 14.4 Å². The molecule has 0 radical (unpaired) electrons. The van der Waals surface area contributed by atoms with Gasteiger partial charge in [-0.25, -0.2) is 0 Å². The number of benzene rings is 2. The molecule has 1 atom stereocenters. The minimum atomic E-state index is -0.183. The van der Waals surface area contributed by atoms with Crippen molar-refractivity contribution in [3.8, 4) is 0 Å². The summed E-state index contributed by atoms with van der Waals surface area (Å²) in [6.07, 6.45) is 1.48. The molecule has 2 aromatic rings. The summed E-state index contributed by atoms with van der Waals surface area (Å²) in [5, 5.41) is 8.34. The summed E-state index contributed by atoms with van der Waals surface area (Å²) in [6, 6.07) is 14.8. The van der Waals surface area contributed by atoms with Crippen LogP contribution >= 0.6 is 0 Å². The summed E-state index contributed by atoms with van der Waals surface area (Å²) in [4.78, 5) is 35.8. The molecule has 3 N–H and O–H groups in total. The van der Waals surface area contributed by atoms with Crippen molar-refractivity contribution in [2.24, 2.45) is 5.92 Å². The van der Waals surface area contributed by atoms with Crippen molar-refractivity contribution in [1.82, 2.24) is 10.6 Å². The van der Waals surface area contributed by atoms with Gasteiger partial charge in [0.2, 0.25) is 11.8 Å². The minimum Gasteiger partial charge on any atom is -0.355 e. The number of amides is 3. The van der Waals surface area contributed by atoms with Crippen molar-refractivity contribution in [3.05, 3.63) is 65.2 Å². The van der Waals surface area contributed by atoms with Crippen LogP contribution in [-0.2, 0) is 22.6 Å². The molecule has 0 saturated carbocycles. The zero-order valence-corrected chi connectivity index (χ0v) is 15.2. The maximum absolute atomic E-state index is 12.2. The molecule has 0 saturated heterocycles. The molecule has 0 fully saturated rings. The van der Waals surface area contributed by atoms with Gasteiger partial charge in [0.15, 0.2) is 0 Å². The fourth-order valence-electron chi connectivity index (χ4n) is 3.16. The summed E-state index contributed by atoms with van der Waals surface area (Å²) in [5.74, 6) is -0.432. The Morgan fingerprint density at radius 3 is 2.59 bits per heavy atom. The van der Waals surface area contributed by atoms with E-state index in [1.807, 2.05) is 36.4 Å². The second-order valence-electron chi connectivity index (χ2n) is 6.64. The lowest BCUT2D eigenvalue weighted by molar-refractivity contribution is -0.122. The number of hydrogen-bond donors (Lipinski definition) is 3. The van der Waals surface area contributed by atoms with E-state index in [2.05, 4.69) is 16.0 Å². The Labute approximate surface area is 158 Å². The van der Waals surface area contributed by atoms with Gasteiger partial charge in [0.1, 0.15) is 0 Å². The fraction of sp³-hybridized carbons (Fsp3) is 0.286. The van der Waals surface area contributed by atoms with Crippen LogP contribution in [0.15, 0.2) is 48.5 Å². The van der Waals surface area contributed by atoms with E-state index in [0.29, 0.717) is 31.4 Å². The Hall–Kier alpha value is -3.15. The summed E-state index contributed by atoms with van der Waals surface area (Å²) in [7, 11) is 1.58. The van der Waals surface area contributed by atoms with Crippen molar-refractivity contribution < 1.29 is 14.4 Å². The number of carbonyl (C=O) groups excluding carboxylic acids is 3. The van der Waals surface area contributed by atoms with Gasteiger partial charge in [-0.2, -0.15) is 0 Å². The predicted octanol–water partition coefficient (Wildman–Crippen LogP) is 2.25. The highest BCUT2D eigenvalue weighted by Gasteiger charge is 2.26. The van der Waals surface area contributed by atoms with Crippen LogP contribution in [-0.4, -0.2) is 24.8 Å². The first-order valence-electron chi connectivity index (χ1n) is 9.03. The molecule has 1 heterocycles. The zero-order valence-electron chi connectivity index (χ0n) is 15.2. The van der Waals surface area contributed by atoms with Crippen molar-refractivity contribution >= 4 is 23.4 Å². The SMILES string of the molecule is CNC(=O)c1ccc(CNC(=O)CCC2Cc3ccccc3NC2=O)cc1. The Morgan fingerprint density at radius 1 is 1.11 bits per heavy atom. The third-order valence-corrected chi connectivity index (χ3v) is 4.77. The molecule has 6 nitrogen and oxygen atoms in total. The fourth-order valence-corrected chi connectivity index (χ4v) is 3.16. The lowest BCUT2D eigenvalue weighted by atomic mass is 9.89. The van der Waals surface area contributed by atoms with Gasteiger partial charge in [-0.3, -0.25) is 14.4 Å². The number of para-hydroxylation sites is 1. The van der Waals surface area contributed by atoms with Crippen LogP contribution < -0.4 is 16.0 Å². The maximum atomic E-state index is 12.2. The molecule has 0 aromatic heterocycles. The lowest BCUT2D eigenvalue weighted by Crippen LogP contribution is -2.31. The highest BCUT2D eigenvalue weighted by molar-refractivity contribution is 5.96. The first-order chi connectivity index (χ1) is 13.1. The third-order valence-electron chi connectivity index (χ3n) is 4.77. The van der Waals surface area contributed by atoms with E-state index in [-0.39, 0.29) is 23.6 Å². The summed E-state index contributed by atoms with van der Waals surface area (Å²) >= 11 is 0. The number of hydrogen-bond acceptors (Lipinski definition) is 3. The van der Waals surface area contributed by atoms with E-state index < -0.39 is 0 Å². The van der Waals surface area contributed by atoms with E-state index >= 15 is 0 Å². The summed E-state index contributed by atoms with van der Waals surface area (Å²) in [6.45, 7) is 0.395. The topological polar surface area (TPSA) is 87.3 Å². The van der Waals surface area contributed by atoms with Crippen molar-refractivity contribution in [1.29, 1.82) is 0 Å². The number of anilines is 1. The van der Waals surface area contributed by atoms with E-state index in [4.69, 9.17) is 0 Å². The highest BCUT2D eigenvalue weighted by Crippen LogP contribution is 2.27. The Kier molecular flexibility index (Phi) is 5.86. The highest BCUT2D eigenvalue weighted by atomic mass is 16.2. The molecule has 0 aliphatic carbocycles. The maximum Gasteiger partial charge on any atom is 0.251 e. The molecule has 3 rings (SSSR count). The Morgan fingerprint density at radius 2 is 1.85 bits per heavy atom. The van der Waals surface area contributed by atoms with Gasteiger partial charge < -0.3 is 16.0 Å². The quantitative estimate of drug-likeness (QED) is 0.734. The molecule has 3 amide bonds. The van der Waals surface area contributed by atoms with Crippen LogP contribution in [0.4, 0.5) is 5.69 Å². The van der Waals surface area contributed by atoms with E-state index in [0.717, 1.165) is 16.8 Å². The van der Waals surface area contributed by atoms with Crippen molar-refractivity contribution in [2.45, 2.75) is 25.8 Å². The molecule has 1 aliphatic heterocycles. The van der Waals surface area contributed by atoms with Gasteiger partial charge >= 0.3 is 0 Å². The molecule has 0 bridgehead atoms. The number of nitrogens with one attached hydrogen (secondary N) is 3. The second kappa shape index (κ2) is 8.49. The first-order valence-corrected chi connectivity index (χ1v) is 9.03. The molecule has 1 aliphatic rings. The first kappa shape index (κ1) is 18.6. The number of rotatable bonds is 6. The average Bonchev–Trinajstić information content (AvgIpc) is 2.70. The van der Waals surface area contributed by atoms with Gasteiger partial charge in [0, 0.05) is 37.2 Å². The zero-order chi connectivity index (χ0) is 19.2. The lowest BCUT2D eigenvalue weighted by Gasteiger charge is -2.24. The molecule has 140 valence electrons. The van der Waals surface area contributed by atoms with Gasteiger partial charge in [-0.15, -0.1) is 0 Å². The standard InChI is InChI=1S/C21H23N3O3/c1-22-20(26)15-8-6-14(7-9-15)13-23-19(25)11-10-17-12-16-4-2-3-5-18(16)24-21(17)27/h2-9,17H,10-13H2,1H3,(H,22,26)(H,23,25)(H,24,27). The molecule has 27 heavy (non-hydrogen) atoms. The Balaban J connectivity index is 1.46. The average molecular weight is 365 g/mol. The Bertz CT molecular complexity index is 846. The largest absolute Gasteiger partial charge is 0.355 e. The molecule has 0 spiro atoms. The van der Waals surface area contributed by atoms with E-state index in [1.54, 1.807) is 19.2 Å². The van der Waals surface area contributed by atoms with Crippen LogP contribution in [0.1, 0.15) is 34.3 Å². The number of carbonyl (C=O) groups is 3. The van der Waals surface area contributed by atoms with Gasteiger partial charge in [-0.1, -0.05) is 30.3 Å². The van der Waals surface area contributed by atoms with Gasteiger partial charge in [0.05, 0.1) is 0 Å². The molecular weight excluding hydrogens is 342 g/mol. The summed E-state index contributed by atoms with van der Waals surface area (Å²) < 4.78 is 0. The van der Waals surface area contributed by atoms with E-state index in [1.165, 1.54) is 0 Å². The number of fused-ring (bicyclic) bond motifs is 1. The van der Waals surface area contributed by atoms with Crippen LogP contribution in [0.2, 0.25) is 0 Å². The molecule has 2 aromatic carbocycles. The van der Waals surface area contributed by atoms with Gasteiger partial charge in [0.25, 0.3) is 5.91 Å². The van der Waals surface area contributed by atoms with Crippen LogP contribution in [0.5, 0.6) is 0 Å². The monoisotopic (exact) mass is 365 g/mol. The third kappa shape index (κ3) is 4.73.